The summed E-state index contributed by atoms with van der Waals surface area (Å²) in [6.07, 6.45) is 2.73. The number of alkyl halides is 3. The first-order chi connectivity index (χ1) is 23.1. The summed E-state index contributed by atoms with van der Waals surface area (Å²) >= 11 is 12.0. The fourth-order valence-electron chi connectivity index (χ4n) is 5.20. The second kappa shape index (κ2) is 14.1. The molecule has 4 aromatic heterocycles. The molecule has 13 nitrogen and oxygen atoms in total. The molecule has 6 rings (SSSR count). The molecule has 0 spiro atoms. The molecule has 0 fully saturated rings. The van der Waals surface area contributed by atoms with Crippen molar-refractivity contribution in [3.63, 3.8) is 0 Å². The van der Waals surface area contributed by atoms with Crippen LogP contribution in [0.25, 0.3) is 28.2 Å². The summed E-state index contributed by atoms with van der Waals surface area (Å²) in [5, 5.41) is 22.1. The molecule has 0 aliphatic carbocycles. The van der Waals surface area contributed by atoms with Crippen LogP contribution in [0.1, 0.15) is 37.9 Å². The van der Waals surface area contributed by atoms with Gasteiger partial charge in [-0.25, -0.2) is 18.9 Å². The van der Waals surface area contributed by atoms with E-state index in [2.05, 4.69) is 30.7 Å². The molecule has 1 aliphatic heterocycles. The van der Waals surface area contributed by atoms with Crippen molar-refractivity contribution in [2.24, 2.45) is 13.0 Å². The van der Waals surface area contributed by atoms with E-state index in [9.17, 15) is 22.8 Å². The summed E-state index contributed by atoms with van der Waals surface area (Å²) in [7, 11) is 1.79. The quantitative estimate of drug-likeness (QED) is 0.222. The number of carboxylic acids is 1. The van der Waals surface area contributed by atoms with Gasteiger partial charge in [-0.15, -0.1) is 5.10 Å². The molecule has 256 valence electrons. The number of carbonyl (C=O) groups is 2. The molecule has 0 unspecified atom stereocenters. The van der Waals surface area contributed by atoms with Crippen LogP contribution in [0.3, 0.4) is 0 Å². The smallest absolute Gasteiger partial charge is 0.475 e. The molecular formula is C30H25Cl2F4N9O4. The lowest BCUT2D eigenvalue weighted by Crippen LogP contribution is -2.27. The van der Waals surface area contributed by atoms with Crippen molar-refractivity contribution < 1.29 is 32.3 Å². The molecular weight excluding hydrogens is 697 g/mol. The van der Waals surface area contributed by atoms with Gasteiger partial charge in [0.1, 0.15) is 0 Å². The number of aliphatic carboxylic acids is 1. The van der Waals surface area contributed by atoms with Crippen LogP contribution < -0.4 is 10.9 Å². The molecule has 2 atom stereocenters. The van der Waals surface area contributed by atoms with E-state index in [-0.39, 0.29) is 38.9 Å². The largest absolute Gasteiger partial charge is 0.490 e. The maximum absolute atomic E-state index is 15.4. The number of carboxylic acid groups (broad SMARTS) is 1. The Balaban J connectivity index is 0.000000606. The van der Waals surface area contributed by atoms with Crippen LogP contribution in [0, 0.1) is 11.7 Å². The summed E-state index contributed by atoms with van der Waals surface area (Å²) in [5.41, 5.74) is 2.63. The van der Waals surface area contributed by atoms with Gasteiger partial charge in [0.25, 0.3) is 5.56 Å². The van der Waals surface area contributed by atoms with E-state index in [0.29, 0.717) is 30.6 Å². The monoisotopic (exact) mass is 721 g/mol. The molecule has 5 heterocycles. The third-order valence-corrected chi connectivity index (χ3v) is 8.08. The van der Waals surface area contributed by atoms with Crippen molar-refractivity contribution in [3.05, 3.63) is 87.3 Å². The van der Waals surface area contributed by atoms with Crippen molar-refractivity contribution >= 4 is 40.8 Å². The Morgan fingerprint density at radius 1 is 1.10 bits per heavy atom. The summed E-state index contributed by atoms with van der Waals surface area (Å²) in [6.45, 7) is 1.87. The normalized spacial score (nSPS) is 16.4. The van der Waals surface area contributed by atoms with Gasteiger partial charge in [0.2, 0.25) is 5.91 Å². The first kappa shape index (κ1) is 35.2. The number of nitrogens with one attached hydrogen (secondary N) is 1. The predicted molar refractivity (Wildman–Crippen MR) is 169 cm³/mol. The van der Waals surface area contributed by atoms with Gasteiger partial charge in [-0.1, -0.05) is 41.8 Å². The molecule has 1 amide bonds. The van der Waals surface area contributed by atoms with E-state index in [1.807, 2.05) is 19.1 Å². The first-order valence-electron chi connectivity index (χ1n) is 14.4. The van der Waals surface area contributed by atoms with E-state index >= 15 is 4.39 Å². The van der Waals surface area contributed by atoms with Gasteiger partial charge < -0.3 is 10.4 Å². The van der Waals surface area contributed by atoms with Gasteiger partial charge in [0.15, 0.2) is 11.0 Å². The highest BCUT2D eigenvalue weighted by Gasteiger charge is 2.38. The molecule has 5 aromatic rings. The molecule has 1 aromatic carbocycles. The minimum absolute atomic E-state index is 0.0179. The number of rotatable bonds is 3. The topological polar surface area (TPSA) is 163 Å². The molecule has 2 N–H and O–H groups in total. The first-order valence-corrected chi connectivity index (χ1v) is 15.1. The molecule has 0 radical (unpaired) electrons. The number of aromatic nitrogens is 8. The highest BCUT2D eigenvalue weighted by atomic mass is 35.5. The molecule has 1 aliphatic rings. The summed E-state index contributed by atoms with van der Waals surface area (Å²) in [5.74, 6) is -3.89. The van der Waals surface area contributed by atoms with Crippen LogP contribution in [0.5, 0.6) is 0 Å². The number of carbonyl (C=O) groups excluding carboxylic acids is 1. The minimum atomic E-state index is -5.08. The maximum Gasteiger partial charge on any atom is 0.490 e. The van der Waals surface area contributed by atoms with Crippen LogP contribution in [0.4, 0.5) is 23.2 Å². The van der Waals surface area contributed by atoms with E-state index in [1.165, 1.54) is 33.9 Å². The van der Waals surface area contributed by atoms with Gasteiger partial charge in [0, 0.05) is 30.8 Å². The zero-order valence-electron chi connectivity index (χ0n) is 25.5. The predicted octanol–water partition coefficient (Wildman–Crippen LogP) is 5.71. The average Bonchev–Trinajstić information content (AvgIpc) is 3.64. The standard InChI is InChI=1S/C28H24Cl2FN9O2.C2HF3O2/c1-15-4-3-5-21(18-10-16(8-9-32-18)27-20(35-28(15)42)12-34-38(27)2)39-14-33-19(11-24(39)41)25-22(7-6-17(29)26(25)31)40-13-23(30)36-37-40;3-2(4,5)1(6)7/h6-15,21H,3-5H2,1-2H3,(H,35,42);(H,6,7)/t15-,21+;/m1./s1. The number of halogens is 6. The Labute approximate surface area is 284 Å². The van der Waals surface area contributed by atoms with Gasteiger partial charge in [-0.2, -0.15) is 18.3 Å². The Morgan fingerprint density at radius 3 is 2.49 bits per heavy atom. The van der Waals surface area contributed by atoms with Crippen LogP contribution >= 0.6 is 23.2 Å². The lowest BCUT2D eigenvalue weighted by Gasteiger charge is -2.22. The number of nitrogens with zero attached hydrogens (tertiary/aromatic N) is 8. The Morgan fingerprint density at radius 2 is 1.84 bits per heavy atom. The summed E-state index contributed by atoms with van der Waals surface area (Å²) in [4.78, 5) is 44.6. The van der Waals surface area contributed by atoms with Crippen LogP contribution in [-0.4, -0.2) is 62.5 Å². The van der Waals surface area contributed by atoms with Crippen molar-refractivity contribution in [1.82, 2.24) is 39.3 Å². The van der Waals surface area contributed by atoms with Crippen molar-refractivity contribution in [3.8, 4) is 28.2 Å². The Hall–Kier alpha value is -5.16. The third-order valence-electron chi connectivity index (χ3n) is 7.61. The van der Waals surface area contributed by atoms with E-state index < -0.39 is 29.6 Å². The molecule has 19 heteroatoms. The summed E-state index contributed by atoms with van der Waals surface area (Å²) in [6, 6.07) is 7.39. The number of aryl methyl sites for hydroxylation is 1. The highest BCUT2D eigenvalue weighted by molar-refractivity contribution is 6.31. The second-order valence-electron chi connectivity index (χ2n) is 10.9. The number of fused-ring (bicyclic) bond motifs is 4. The molecule has 0 saturated carbocycles. The Bertz CT molecular complexity index is 2100. The minimum Gasteiger partial charge on any atom is -0.475 e. The van der Waals surface area contributed by atoms with Crippen LogP contribution in [-0.2, 0) is 16.6 Å². The Kier molecular flexibility index (Phi) is 10.1. The lowest BCUT2D eigenvalue weighted by molar-refractivity contribution is -0.192. The zero-order valence-corrected chi connectivity index (χ0v) is 27.0. The van der Waals surface area contributed by atoms with Gasteiger partial charge in [-0.3, -0.25) is 23.8 Å². The maximum atomic E-state index is 15.4. The number of pyridine rings is 1. The van der Waals surface area contributed by atoms with Crippen molar-refractivity contribution in [2.45, 2.75) is 38.4 Å². The van der Waals surface area contributed by atoms with Crippen molar-refractivity contribution in [2.75, 3.05) is 5.32 Å². The number of amides is 1. The zero-order chi connectivity index (χ0) is 35.6. The second-order valence-corrected chi connectivity index (χ2v) is 11.7. The fourth-order valence-corrected chi connectivity index (χ4v) is 5.48. The molecule has 2 bridgehead atoms. The summed E-state index contributed by atoms with van der Waals surface area (Å²) < 4.78 is 51.6. The van der Waals surface area contributed by atoms with Crippen LogP contribution in [0.15, 0.2) is 60.0 Å². The van der Waals surface area contributed by atoms with E-state index in [4.69, 9.17) is 33.1 Å². The number of benzene rings is 1. The van der Waals surface area contributed by atoms with E-state index in [1.54, 1.807) is 30.2 Å². The fraction of sp³-hybridized carbons (Fsp3) is 0.267. The highest BCUT2D eigenvalue weighted by Crippen LogP contribution is 2.34. The number of anilines is 1. The average molecular weight is 722 g/mol. The number of hydrogen-bond acceptors (Lipinski definition) is 8. The molecule has 49 heavy (non-hydrogen) atoms. The molecule has 0 saturated heterocycles. The SMILES string of the molecule is C[C@@H]1CCC[C@H](n2cnc(-c3c(-n4cc(Cl)nn4)ccc(Cl)c3F)cc2=O)c2cc(ccn2)-c2c(cnn2C)NC1=O.O=C(O)C(F)(F)F. The van der Waals surface area contributed by atoms with Gasteiger partial charge in [-0.05, 0) is 37.1 Å². The van der Waals surface area contributed by atoms with Gasteiger partial charge >= 0.3 is 12.1 Å². The lowest BCUT2D eigenvalue weighted by atomic mass is 9.97. The van der Waals surface area contributed by atoms with E-state index in [0.717, 1.165) is 11.3 Å². The van der Waals surface area contributed by atoms with Crippen molar-refractivity contribution in [1.29, 1.82) is 0 Å². The third kappa shape index (κ3) is 7.62. The van der Waals surface area contributed by atoms with Gasteiger partial charge in [0.05, 0.1) is 63.8 Å². The number of hydrogen-bond donors (Lipinski definition) is 2. The van der Waals surface area contributed by atoms with Crippen LogP contribution in [0.2, 0.25) is 10.2 Å².